The van der Waals surface area contributed by atoms with Crippen LogP contribution in [0.15, 0.2) is 34.9 Å². The summed E-state index contributed by atoms with van der Waals surface area (Å²) in [4.78, 5) is 8.02. The summed E-state index contributed by atoms with van der Waals surface area (Å²) in [5.74, 6) is 0.732. The molecule has 0 radical (unpaired) electrons. The molecule has 0 aliphatic carbocycles. The Hall–Kier alpha value is -2.13. The Labute approximate surface area is 106 Å². The number of nitrogens with two attached hydrogens (primary N) is 1. The van der Waals surface area contributed by atoms with Gasteiger partial charge in [-0.2, -0.15) is 10.2 Å². The van der Waals surface area contributed by atoms with Gasteiger partial charge in [-0.1, -0.05) is 15.9 Å². The number of anilines is 3. The summed E-state index contributed by atoms with van der Waals surface area (Å²) in [6, 6.07) is 8.97. The summed E-state index contributed by atoms with van der Waals surface area (Å²) in [6.07, 6.45) is 1.55. The van der Waals surface area contributed by atoms with Crippen molar-refractivity contribution in [1.29, 1.82) is 5.26 Å². The van der Waals surface area contributed by atoms with E-state index in [0.717, 1.165) is 4.47 Å². The fourth-order valence-electron chi connectivity index (χ4n) is 1.27. The quantitative estimate of drug-likeness (QED) is 0.887. The van der Waals surface area contributed by atoms with Gasteiger partial charge in [0.05, 0.1) is 11.3 Å². The Balaban J connectivity index is 2.36. The van der Waals surface area contributed by atoms with Crippen LogP contribution in [-0.4, -0.2) is 9.97 Å². The van der Waals surface area contributed by atoms with Gasteiger partial charge in [0.1, 0.15) is 11.9 Å². The molecule has 2 aromatic rings. The lowest BCUT2D eigenvalue weighted by molar-refractivity contribution is 1.17. The van der Waals surface area contributed by atoms with E-state index in [-0.39, 0.29) is 0 Å². The molecule has 3 N–H and O–H groups in total. The van der Waals surface area contributed by atoms with Gasteiger partial charge in [0.25, 0.3) is 0 Å². The van der Waals surface area contributed by atoms with Crippen LogP contribution < -0.4 is 11.1 Å². The van der Waals surface area contributed by atoms with Gasteiger partial charge in [0.2, 0.25) is 5.95 Å². The number of nitrogen functional groups attached to an aromatic ring is 1. The highest BCUT2D eigenvalue weighted by Crippen LogP contribution is 2.23. The Morgan fingerprint density at radius 1 is 1.35 bits per heavy atom. The van der Waals surface area contributed by atoms with Gasteiger partial charge in [-0.3, -0.25) is 0 Å². The minimum Gasteiger partial charge on any atom is -0.384 e. The average molecular weight is 290 g/mol. The van der Waals surface area contributed by atoms with Gasteiger partial charge >= 0.3 is 0 Å². The highest BCUT2D eigenvalue weighted by molar-refractivity contribution is 9.10. The maximum absolute atomic E-state index is 8.97. The van der Waals surface area contributed by atoms with Crippen LogP contribution in [0.4, 0.5) is 17.5 Å². The molecule has 0 fully saturated rings. The zero-order chi connectivity index (χ0) is 12.3. The minimum absolute atomic E-state index is 0.361. The molecule has 1 heterocycles. The molecule has 2 rings (SSSR count). The number of nitriles is 1. The van der Waals surface area contributed by atoms with Crippen molar-refractivity contribution in [2.75, 3.05) is 11.1 Å². The van der Waals surface area contributed by atoms with E-state index in [4.69, 9.17) is 11.0 Å². The van der Waals surface area contributed by atoms with E-state index in [0.29, 0.717) is 23.0 Å². The molecule has 0 saturated heterocycles. The summed E-state index contributed by atoms with van der Waals surface area (Å²) < 4.78 is 0.864. The predicted molar refractivity (Wildman–Crippen MR) is 68.6 cm³/mol. The molecule has 0 amide bonds. The first-order valence-electron chi connectivity index (χ1n) is 4.74. The smallest absolute Gasteiger partial charge is 0.229 e. The molecule has 0 unspecified atom stereocenters. The third-order valence-corrected chi connectivity index (χ3v) is 2.52. The topological polar surface area (TPSA) is 87.6 Å². The van der Waals surface area contributed by atoms with E-state index >= 15 is 0 Å². The van der Waals surface area contributed by atoms with Crippen LogP contribution in [0, 0.1) is 11.3 Å². The van der Waals surface area contributed by atoms with Crippen molar-refractivity contribution in [2.24, 2.45) is 0 Å². The van der Waals surface area contributed by atoms with Gasteiger partial charge in [0.15, 0.2) is 0 Å². The van der Waals surface area contributed by atoms with E-state index in [1.165, 1.54) is 0 Å². The molecule has 1 aromatic carbocycles. The van der Waals surface area contributed by atoms with Gasteiger partial charge in [-0.15, -0.1) is 0 Å². The first-order chi connectivity index (χ1) is 8.19. The number of rotatable bonds is 2. The van der Waals surface area contributed by atoms with Crippen LogP contribution in [0.3, 0.4) is 0 Å². The molecule has 0 saturated carbocycles. The summed E-state index contributed by atoms with van der Waals surface area (Å²) >= 11 is 3.34. The van der Waals surface area contributed by atoms with Crippen molar-refractivity contribution in [1.82, 2.24) is 9.97 Å². The summed E-state index contributed by atoms with van der Waals surface area (Å²) in [7, 11) is 0. The number of nitrogens with one attached hydrogen (secondary N) is 1. The number of benzene rings is 1. The lowest BCUT2D eigenvalue weighted by Crippen LogP contribution is -2.00. The molecular formula is C11H8BrN5. The van der Waals surface area contributed by atoms with Crippen molar-refractivity contribution in [3.63, 3.8) is 0 Å². The van der Waals surface area contributed by atoms with E-state index in [1.54, 1.807) is 30.5 Å². The first kappa shape index (κ1) is 11.4. The van der Waals surface area contributed by atoms with Gasteiger partial charge in [-0.25, -0.2) is 4.98 Å². The summed E-state index contributed by atoms with van der Waals surface area (Å²) in [5, 5.41) is 11.9. The number of aromatic nitrogens is 2. The largest absolute Gasteiger partial charge is 0.384 e. The number of nitrogens with zero attached hydrogens (tertiary/aromatic N) is 3. The summed E-state index contributed by atoms with van der Waals surface area (Å²) in [6.45, 7) is 0. The maximum atomic E-state index is 8.97. The van der Waals surface area contributed by atoms with Gasteiger partial charge < -0.3 is 11.1 Å². The molecule has 5 nitrogen and oxygen atoms in total. The maximum Gasteiger partial charge on any atom is 0.229 e. The molecule has 0 aliphatic heterocycles. The Bertz CT molecular complexity index is 591. The van der Waals surface area contributed by atoms with Gasteiger partial charge in [-0.05, 0) is 24.3 Å². The van der Waals surface area contributed by atoms with Crippen LogP contribution in [-0.2, 0) is 0 Å². The highest BCUT2D eigenvalue weighted by atomic mass is 79.9. The number of hydrogen-bond donors (Lipinski definition) is 2. The van der Waals surface area contributed by atoms with E-state index in [9.17, 15) is 0 Å². The van der Waals surface area contributed by atoms with E-state index < -0.39 is 0 Å². The highest BCUT2D eigenvalue weighted by Gasteiger charge is 2.04. The number of hydrogen-bond acceptors (Lipinski definition) is 5. The third-order valence-electron chi connectivity index (χ3n) is 2.03. The zero-order valence-corrected chi connectivity index (χ0v) is 10.3. The van der Waals surface area contributed by atoms with Crippen molar-refractivity contribution in [2.45, 2.75) is 0 Å². The predicted octanol–water partition coefficient (Wildman–Crippen LogP) is 2.44. The molecule has 1 aromatic heterocycles. The Kier molecular flexibility index (Phi) is 3.21. The van der Waals surface area contributed by atoms with Gasteiger partial charge in [0, 0.05) is 10.7 Å². The molecule has 17 heavy (non-hydrogen) atoms. The normalized spacial score (nSPS) is 9.65. The minimum atomic E-state index is 0.361. The molecule has 0 spiro atoms. The van der Waals surface area contributed by atoms with Crippen LogP contribution in [0.2, 0.25) is 0 Å². The van der Waals surface area contributed by atoms with Crippen LogP contribution in [0.25, 0.3) is 0 Å². The lowest BCUT2D eigenvalue weighted by atomic mass is 10.2. The zero-order valence-electron chi connectivity index (χ0n) is 8.68. The Morgan fingerprint density at radius 3 is 2.88 bits per heavy atom. The fourth-order valence-corrected chi connectivity index (χ4v) is 1.63. The van der Waals surface area contributed by atoms with Crippen molar-refractivity contribution in [3.8, 4) is 6.07 Å². The molecule has 0 aliphatic rings. The second kappa shape index (κ2) is 4.80. The molecular weight excluding hydrogens is 282 g/mol. The molecule has 0 bridgehead atoms. The Morgan fingerprint density at radius 2 is 2.18 bits per heavy atom. The first-order valence-corrected chi connectivity index (χ1v) is 5.53. The monoisotopic (exact) mass is 289 g/mol. The van der Waals surface area contributed by atoms with Crippen molar-refractivity contribution in [3.05, 3.63) is 40.5 Å². The lowest BCUT2D eigenvalue weighted by Gasteiger charge is -2.07. The third kappa shape index (κ3) is 2.71. The summed E-state index contributed by atoms with van der Waals surface area (Å²) in [5.41, 5.74) is 6.69. The molecule has 84 valence electrons. The SMILES string of the molecule is N#Cc1ccc(Br)cc1Nc1nccc(N)n1. The second-order valence-electron chi connectivity index (χ2n) is 3.23. The van der Waals surface area contributed by atoms with Crippen LogP contribution in [0.5, 0.6) is 0 Å². The second-order valence-corrected chi connectivity index (χ2v) is 4.15. The molecule has 0 atom stereocenters. The standard InChI is InChI=1S/C11H8BrN5/c12-8-2-1-7(6-13)9(5-8)16-11-15-4-3-10(14)17-11/h1-5H,(H3,14,15,16,17). The van der Waals surface area contributed by atoms with E-state index in [1.807, 2.05) is 0 Å². The van der Waals surface area contributed by atoms with Crippen LogP contribution in [0.1, 0.15) is 5.56 Å². The van der Waals surface area contributed by atoms with Crippen LogP contribution >= 0.6 is 15.9 Å². The van der Waals surface area contributed by atoms with Crippen molar-refractivity contribution < 1.29 is 0 Å². The fraction of sp³-hybridized carbons (Fsp3) is 0. The number of halogens is 1. The van der Waals surface area contributed by atoms with Crippen molar-refractivity contribution >= 4 is 33.4 Å². The molecule has 6 heteroatoms. The van der Waals surface area contributed by atoms with E-state index in [2.05, 4.69) is 37.3 Å². The average Bonchev–Trinajstić information content (AvgIpc) is 2.29.